The highest BCUT2D eigenvalue weighted by atomic mass is 32.2. The molecule has 0 aliphatic carbocycles. The van der Waals surface area contributed by atoms with Gasteiger partial charge >= 0.3 is 0 Å². The molecule has 0 saturated heterocycles. The number of anilines is 2. The van der Waals surface area contributed by atoms with E-state index in [2.05, 4.69) is 25.3 Å². The predicted octanol–water partition coefficient (Wildman–Crippen LogP) is 3.59. The Hall–Kier alpha value is -3.30. The standard InChI is InChI=1S/C21H21N5O3S/c1-14-12-15(8-11-29-30(2,27)28)5-6-18(14)25-21-23-10-7-19(26-21)17-13-24-20-16(17)4-3-9-22-20/h3-7,9-10,12-13H,8,11H2,1-2H3,(H,22,24)(H,23,25,26). The second-order valence-corrected chi connectivity index (χ2v) is 8.56. The van der Waals surface area contributed by atoms with Gasteiger partial charge in [0.1, 0.15) is 5.65 Å². The number of aromatic amines is 1. The number of H-pyrrole nitrogens is 1. The van der Waals surface area contributed by atoms with Crippen molar-refractivity contribution in [2.24, 2.45) is 0 Å². The number of aryl methyl sites for hydroxylation is 1. The molecule has 8 nitrogen and oxygen atoms in total. The van der Waals surface area contributed by atoms with Gasteiger partial charge in [-0.25, -0.2) is 15.0 Å². The third kappa shape index (κ3) is 4.64. The average Bonchev–Trinajstić information content (AvgIpc) is 3.13. The molecule has 0 aliphatic heterocycles. The number of benzene rings is 1. The topological polar surface area (TPSA) is 110 Å². The van der Waals surface area contributed by atoms with E-state index in [0.717, 1.165) is 45.4 Å². The summed E-state index contributed by atoms with van der Waals surface area (Å²) in [6.07, 6.45) is 6.91. The molecule has 0 aliphatic rings. The molecule has 154 valence electrons. The highest BCUT2D eigenvalue weighted by Crippen LogP contribution is 2.27. The summed E-state index contributed by atoms with van der Waals surface area (Å²) in [6.45, 7) is 2.09. The Morgan fingerprint density at radius 3 is 2.80 bits per heavy atom. The Morgan fingerprint density at radius 2 is 2.00 bits per heavy atom. The molecular formula is C21H21N5O3S. The van der Waals surface area contributed by atoms with Crippen molar-refractivity contribution < 1.29 is 12.6 Å². The van der Waals surface area contributed by atoms with Crippen molar-refractivity contribution in [1.82, 2.24) is 19.9 Å². The molecule has 0 spiro atoms. The molecule has 1 aromatic carbocycles. The van der Waals surface area contributed by atoms with Crippen LogP contribution in [0.15, 0.2) is 55.0 Å². The summed E-state index contributed by atoms with van der Waals surface area (Å²) in [7, 11) is -3.42. The second kappa shape index (κ2) is 8.21. The molecule has 3 aromatic heterocycles. The number of rotatable bonds is 7. The molecule has 0 amide bonds. The van der Waals surface area contributed by atoms with Gasteiger partial charge in [-0.15, -0.1) is 0 Å². The van der Waals surface area contributed by atoms with Crippen molar-refractivity contribution in [2.45, 2.75) is 13.3 Å². The molecule has 0 unspecified atom stereocenters. The summed E-state index contributed by atoms with van der Waals surface area (Å²) >= 11 is 0. The number of nitrogens with one attached hydrogen (secondary N) is 2. The zero-order valence-corrected chi connectivity index (χ0v) is 17.4. The van der Waals surface area contributed by atoms with Gasteiger partial charge in [-0.05, 0) is 48.7 Å². The van der Waals surface area contributed by atoms with Gasteiger partial charge in [-0.1, -0.05) is 12.1 Å². The lowest BCUT2D eigenvalue weighted by molar-refractivity contribution is 0.326. The summed E-state index contributed by atoms with van der Waals surface area (Å²) in [6, 6.07) is 11.6. The summed E-state index contributed by atoms with van der Waals surface area (Å²) in [4.78, 5) is 16.4. The SMILES string of the molecule is Cc1cc(CCOS(C)(=O)=O)ccc1Nc1nccc(-c2c[nH]c3ncccc23)n1. The van der Waals surface area contributed by atoms with Crippen LogP contribution in [0.2, 0.25) is 0 Å². The van der Waals surface area contributed by atoms with E-state index >= 15 is 0 Å². The molecule has 2 N–H and O–H groups in total. The van der Waals surface area contributed by atoms with Gasteiger partial charge in [0.15, 0.2) is 0 Å². The van der Waals surface area contributed by atoms with Gasteiger partial charge in [-0.3, -0.25) is 4.18 Å². The van der Waals surface area contributed by atoms with Crippen LogP contribution in [0.4, 0.5) is 11.6 Å². The lowest BCUT2D eigenvalue weighted by Crippen LogP contribution is -2.06. The van der Waals surface area contributed by atoms with E-state index in [1.165, 1.54) is 0 Å². The number of pyridine rings is 1. The minimum absolute atomic E-state index is 0.121. The maximum Gasteiger partial charge on any atom is 0.264 e. The van der Waals surface area contributed by atoms with E-state index in [4.69, 9.17) is 4.18 Å². The molecule has 9 heteroatoms. The zero-order chi connectivity index (χ0) is 21.1. The van der Waals surface area contributed by atoms with Crippen LogP contribution in [0.25, 0.3) is 22.3 Å². The van der Waals surface area contributed by atoms with E-state index in [1.54, 1.807) is 12.4 Å². The maximum absolute atomic E-state index is 11.1. The molecule has 4 aromatic rings. The summed E-state index contributed by atoms with van der Waals surface area (Å²) in [5.41, 5.74) is 5.42. The number of fused-ring (bicyclic) bond motifs is 1. The summed E-state index contributed by atoms with van der Waals surface area (Å²) < 4.78 is 27.0. The first kappa shape index (κ1) is 20.0. The Kier molecular flexibility index (Phi) is 5.47. The second-order valence-electron chi connectivity index (χ2n) is 6.92. The normalized spacial score (nSPS) is 11.7. The van der Waals surface area contributed by atoms with Crippen molar-refractivity contribution in [3.63, 3.8) is 0 Å². The molecule has 30 heavy (non-hydrogen) atoms. The van der Waals surface area contributed by atoms with Crippen LogP contribution < -0.4 is 5.32 Å². The molecule has 0 radical (unpaired) electrons. The van der Waals surface area contributed by atoms with E-state index < -0.39 is 10.1 Å². The number of hydrogen-bond acceptors (Lipinski definition) is 7. The fraction of sp³-hybridized carbons (Fsp3) is 0.190. The van der Waals surface area contributed by atoms with Gasteiger partial charge in [0.2, 0.25) is 5.95 Å². The maximum atomic E-state index is 11.1. The first-order valence-electron chi connectivity index (χ1n) is 9.35. The monoisotopic (exact) mass is 423 g/mol. The first-order chi connectivity index (χ1) is 14.4. The van der Waals surface area contributed by atoms with Crippen LogP contribution >= 0.6 is 0 Å². The van der Waals surface area contributed by atoms with Crippen molar-refractivity contribution in [3.8, 4) is 11.3 Å². The van der Waals surface area contributed by atoms with Gasteiger partial charge in [0, 0.05) is 35.2 Å². The summed E-state index contributed by atoms with van der Waals surface area (Å²) in [5.74, 6) is 0.488. The minimum atomic E-state index is -3.42. The number of nitrogens with zero attached hydrogens (tertiary/aromatic N) is 3. The molecule has 0 saturated carbocycles. The van der Waals surface area contributed by atoms with E-state index in [0.29, 0.717) is 12.4 Å². The lowest BCUT2D eigenvalue weighted by atomic mass is 10.1. The van der Waals surface area contributed by atoms with Crippen molar-refractivity contribution in [2.75, 3.05) is 18.2 Å². The predicted molar refractivity (Wildman–Crippen MR) is 116 cm³/mol. The Balaban J connectivity index is 1.51. The van der Waals surface area contributed by atoms with Gasteiger partial charge in [0.25, 0.3) is 10.1 Å². The third-order valence-electron chi connectivity index (χ3n) is 4.61. The molecule has 0 bridgehead atoms. The van der Waals surface area contributed by atoms with Crippen LogP contribution in [0.5, 0.6) is 0 Å². The van der Waals surface area contributed by atoms with Gasteiger partial charge < -0.3 is 10.3 Å². The first-order valence-corrected chi connectivity index (χ1v) is 11.2. The van der Waals surface area contributed by atoms with E-state index in [1.807, 2.05) is 49.5 Å². The number of hydrogen-bond donors (Lipinski definition) is 2. The van der Waals surface area contributed by atoms with Crippen LogP contribution in [0.1, 0.15) is 11.1 Å². The van der Waals surface area contributed by atoms with Gasteiger partial charge in [0.05, 0.1) is 18.6 Å². The van der Waals surface area contributed by atoms with Crippen LogP contribution in [-0.4, -0.2) is 41.2 Å². The fourth-order valence-corrected chi connectivity index (χ4v) is 3.58. The largest absolute Gasteiger partial charge is 0.345 e. The third-order valence-corrected chi connectivity index (χ3v) is 5.20. The molecular weight excluding hydrogens is 402 g/mol. The van der Waals surface area contributed by atoms with E-state index in [-0.39, 0.29) is 6.61 Å². The van der Waals surface area contributed by atoms with Crippen molar-refractivity contribution in [1.29, 1.82) is 0 Å². The smallest absolute Gasteiger partial charge is 0.264 e. The Bertz CT molecular complexity index is 1300. The molecule has 0 fully saturated rings. The van der Waals surface area contributed by atoms with E-state index in [9.17, 15) is 8.42 Å². The van der Waals surface area contributed by atoms with Crippen LogP contribution in [-0.2, 0) is 20.7 Å². The molecule has 4 rings (SSSR count). The Labute approximate surface area is 174 Å². The summed E-state index contributed by atoms with van der Waals surface area (Å²) in [5, 5.41) is 4.25. The number of aromatic nitrogens is 4. The zero-order valence-electron chi connectivity index (χ0n) is 16.6. The van der Waals surface area contributed by atoms with Gasteiger partial charge in [-0.2, -0.15) is 8.42 Å². The fourth-order valence-electron chi connectivity index (χ4n) is 3.19. The molecule has 0 atom stereocenters. The minimum Gasteiger partial charge on any atom is -0.345 e. The Morgan fingerprint density at radius 1 is 1.13 bits per heavy atom. The highest BCUT2D eigenvalue weighted by molar-refractivity contribution is 7.85. The van der Waals surface area contributed by atoms with Crippen LogP contribution in [0, 0.1) is 6.92 Å². The van der Waals surface area contributed by atoms with Crippen molar-refractivity contribution in [3.05, 3.63) is 66.1 Å². The van der Waals surface area contributed by atoms with Crippen molar-refractivity contribution >= 4 is 32.8 Å². The quantitative estimate of drug-likeness (QED) is 0.437. The lowest BCUT2D eigenvalue weighted by Gasteiger charge is -2.11. The highest BCUT2D eigenvalue weighted by Gasteiger charge is 2.10. The average molecular weight is 423 g/mol. The van der Waals surface area contributed by atoms with Crippen LogP contribution in [0.3, 0.4) is 0 Å². The molecule has 3 heterocycles.